The van der Waals surface area contributed by atoms with Crippen LogP contribution in [-0.4, -0.2) is 16.7 Å². The summed E-state index contributed by atoms with van der Waals surface area (Å²) in [5, 5.41) is 14.4. The fourth-order valence-electron chi connectivity index (χ4n) is 3.47. The summed E-state index contributed by atoms with van der Waals surface area (Å²) in [6.45, 7) is 1.81. The predicted octanol–water partition coefficient (Wildman–Crippen LogP) is 4.02. The van der Waals surface area contributed by atoms with Crippen LogP contribution in [0.5, 0.6) is 5.75 Å². The molecule has 2 aromatic rings. The Morgan fingerprint density at radius 3 is 2.84 bits per heavy atom. The number of fused-ring (bicyclic) bond motifs is 4. The van der Waals surface area contributed by atoms with Gasteiger partial charge in [-0.3, -0.25) is 15.0 Å². The highest BCUT2D eigenvalue weighted by Gasteiger charge is 2.50. The molecule has 8 heteroatoms. The molecule has 4 rings (SSSR count). The van der Waals surface area contributed by atoms with Crippen molar-refractivity contribution in [3.05, 3.63) is 63.2 Å². The smallest absolute Gasteiger partial charge is 0.325 e. The average molecular weight is 360 g/mol. The maximum atomic E-state index is 12.7. The van der Waals surface area contributed by atoms with Gasteiger partial charge in [-0.15, -0.1) is 0 Å². The lowest BCUT2D eigenvalue weighted by atomic mass is 9.90. The molecule has 2 aliphatic rings. The Balaban J connectivity index is 1.80. The summed E-state index contributed by atoms with van der Waals surface area (Å²) in [7, 11) is 0. The Hall–Kier alpha value is -2.80. The lowest BCUT2D eigenvalue weighted by Crippen LogP contribution is -2.65. The van der Waals surface area contributed by atoms with E-state index in [2.05, 4.69) is 5.32 Å². The number of amides is 2. The van der Waals surface area contributed by atoms with E-state index < -0.39 is 10.6 Å². The number of nitro groups is 1. The summed E-state index contributed by atoms with van der Waals surface area (Å²) in [4.78, 5) is 24.8. The number of hydrogen-bond donors (Lipinski definition) is 1. The van der Waals surface area contributed by atoms with Crippen LogP contribution in [-0.2, 0) is 0 Å². The third-order valence-electron chi connectivity index (χ3n) is 4.56. The molecule has 0 aromatic heterocycles. The number of non-ortho nitro benzene ring substituents is 1. The monoisotopic (exact) mass is 359 g/mol. The van der Waals surface area contributed by atoms with Crippen LogP contribution < -0.4 is 15.0 Å². The first-order chi connectivity index (χ1) is 11.9. The molecule has 2 heterocycles. The minimum absolute atomic E-state index is 0.0336. The SMILES string of the molecule is CC12CC(NC(=O)N1c1ccccc1Cl)c1cc([N+](=O)[O-])ccc1O2. The van der Waals surface area contributed by atoms with Crippen molar-refractivity contribution in [1.82, 2.24) is 5.32 Å². The lowest BCUT2D eigenvalue weighted by molar-refractivity contribution is -0.385. The molecule has 2 aromatic carbocycles. The standard InChI is InChI=1S/C17H14ClN3O4/c1-17-9-13(11-8-10(21(23)24)6-7-15(11)25-17)19-16(22)20(17)14-5-3-2-4-12(14)18/h2-8,13H,9H2,1H3,(H,19,22). The molecule has 0 spiro atoms. The van der Waals surface area contributed by atoms with E-state index in [1.807, 2.05) is 6.92 Å². The number of hydrogen-bond acceptors (Lipinski definition) is 4. The van der Waals surface area contributed by atoms with Crippen LogP contribution in [0.15, 0.2) is 42.5 Å². The van der Waals surface area contributed by atoms with Gasteiger partial charge in [0.15, 0.2) is 5.72 Å². The van der Waals surface area contributed by atoms with E-state index in [0.29, 0.717) is 28.4 Å². The number of urea groups is 1. The number of carbonyl (C=O) groups excluding carboxylic acids is 1. The molecule has 2 amide bonds. The Morgan fingerprint density at radius 1 is 1.36 bits per heavy atom. The highest BCUT2D eigenvalue weighted by atomic mass is 35.5. The maximum absolute atomic E-state index is 12.7. The molecule has 2 bridgehead atoms. The van der Waals surface area contributed by atoms with Crippen LogP contribution in [0, 0.1) is 10.1 Å². The predicted molar refractivity (Wildman–Crippen MR) is 92.0 cm³/mol. The van der Waals surface area contributed by atoms with Crippen molar-refractivity contribution in [2.24, 2.45) is 0 Å². The van der Waals surface area contributed by atoms with Crippen molar-refractivity contribution in [3.63, 3.8) is 0 Å². The Kier molecular flexibility index (Phi) is 3.36. The van der Waals surface area contributed by atoms with Gasteiger partial charge in [-0.05, 0) is 25.1 Å². The number of benzene rings is 2. The number of anilines is 1. The maximum Gasteiger partial charge on any atom is 0.325 e. The van der Waals surface area contributed by atoms with Crippen LogP contribution in [0.4, 0.5) is 16.2 Å². The number of rotatable bonds is 2. The van der Waals surface area contributed by atoms with E-state index in [-0.39, 0.29) is 17.8 Å². The molecule has 2 aliphatic heterocycles. The van der Waals surface area contributed by atoms with Gasteiger partial charge in [0.05, 0.1) is 21.7 Å². The van der Waals surface area contributed by atoms with Crippen LogP contribution in [0.25, 0.3) is 0 Å². The molecule has 25 heavy (non-hydrogen) atoms. The molecule has 128 valence electrons. The fraction of sp³-hybridized carbons (Fsp3) is 0.235. The molecule has 0 radical (unpaired) electrons. The number of nitrogens with one attached hydrogen (secondary N) is 1. The molecular weight excluding hydrogens is 346 g/mol. The van der Waals surface area contributed by atoms with E-state index in [1.165, 1.54) is 17.0 Å². The van der Waals surface area contributed by atoms with Gasteiger partial charge in [-0.1, -0.05) is 23.7 Å². The van der Waals surface area contributed by atoms with Crippen molar-refractivity contribution >= 4 is 29.0 Å². The normalized spacial score (nSPS) is 24.2. The largest absolute Gasteiger partial charge is 0.467 e. The highest BCUT2D eigenvalue weighted by Crippen LogP contribution is 2.47. The number of nitrogens with zero attached hydrogens (tertiary/aromatic N) is 2. The Labute approximate surface area is 148 Å². The first-order valence-corrected chi connectivity index (χ1v) is 8.09. The molecule has 0 saturated carbocycles. The number of para-hydroxylation sites is 1. The van der Waals surface area contributed by atoms with E-state index in [4.69, 9.17) is 16.3 Å². The second-order valence-electron chi connectivity index (χ2n) is 6.25. The van der Waals surface area contributed by atoms with Crippen LogP contribution in [0.1, 0.15) is 24.9 Å². The summed E-state index contributed by atoms with van der Waals surface area (Å²) in [6, 6.07) is 10.7. The zero-order valence-corrected chi connectivity index (χ0v) is 14.0. The van der Waals surface area contributed by atoms with E-state index in [9.17, 15) is 14.9 Å². The number of ether oxygens (including phenoxy) is 1. The minimum atomic E-state index is -0.943. The zero-order valence-electron chi connectivity index (χ0n) is 13.2. The van der Waals surface area contributed by atoms with Gasteiger partial charge in [-0.2, -0.15) is 0 Å². The van der Waals surface area contributed by atoms with E-state index in [1.54, 1.807) is 30.3 Å². The van der Waals surface area contributed by atoms with Gasteiger partial charge in [0.1, 0.15) is 5.75 Å². The van der Waals surface area contributed by atoms with Gasteiger partial charge in [0, 0.05) is 24.1 Å². The third kappa shape index (κ3) is 2.39. The van der Waals surface area contributed by atoms with Gasteiger partial charge >= 0.3 is 6.03 Å². The summed E-state index contributed by atoms with van der Waals surface area (Å²) >= 11 is 6.27. The Morgan fingerprint density at radius 2 is 2.12 bits per heavy atom. The number of nitro benzene ring substituents is 1. The summed E-state index contributed by atoms with van der Waals surface area (Å²) in [5.74, 6) is 0.515. The van der Waals surface area contributed by atoms with Crippen molar-refractivity contribution in [2.45, 2.75) is 25.1 Å². The van der Waals surface area contributed by atoms with Crippen LogP contribution in [0.3, 0.4) is 0 Å². The first-order valence-electron chi connectivity index (χ1n) is 7.72. The van der Waals surface area contributed by atoms with Crippen molar-refractivity contribution in [3.8, 4) is 5.75 Å². The molecule has 1 N–H and O–H groups in total. The third-order valence-corrected chi connectivity index (χ3v) is 4.88. The van der Waals surface area contributed by atoms with Crippen LogP contribution >= 0.6 is 11.6 Å². The molecular formula is C17H14ClN3O4. The van der Waals surface area contributed by atoms with Crippen molar-refractivity contribution < 1.29 is 14.5 Å². The highest BCUT2D eigenvalue weighted by molar-refractivity contribution is 6.33. The minimum Gasteiger partial charge on any atom is -0.467 e. The first kappa shape index (κ1) is 15.7. The molecule has 2 atom stereocenters. The summed E-state index contributed by atoms with van der Waals surface area (Å²) in [5.41, 5.74) is 0.182. The summed E-state index contributed by atoms with van der Waals surface area (Å²) < 4.78 is 6.10. The topological polar surface area (TPSA) is 84.7 Å². The van der Waals surface area contributed by atoms with Crippen LogP contribution in [0.2, 0.25) is 5.02 Å². The van der Waals surface area contributed by atoms with Gasteiger partial charge in [-0.25, -0.2) is 4.79 Å². The molecule has 7 nitrogen and oxygen atoms in total. The molecule has 1 saturated heterocycles. The molecule has 1 fully saturated rings. The number of halogens is 1. The summed E-state index contributed by atoms with van der Waals surface area (Å²) in [6.07, 6.45) is 0.443. The lowest BCUT2D eigenvalue weighted by Gasteiger charge is -2.50. The van der Waals surface area contributed by atoms with Gasteiger partial charge in [0.25, 0.3) is 5.69 Å². The van der Waals surface area contributed by atoms with Crippen molar-refractivity contribution in [1.29, 1.82) is 0 Å². The van der Waals surface area contributed by atoms with Crippen molar-refractivity contribution in [2.75, 3.05) is 4.90 Å². The van der Waals surface area contributed by atoms with E-state index in [0.717, 1.165) is 0 Å². The van der Waals surface area contributed by atoms with Gasteiger partial charge in [0.2, 0.25) is 0 Å². The Bertz CT molecular complexity index is 903. The molecule has 0 aliphatic carbocycles. The zero-order chi connectivity index (χ0) is 17.8. The van der Waals surface area contributed by atoms with Gasteiger partial charge < -0.3 is 10.1 Å². The second-order valence-corrected chi connectivity index (χ2v) is 6.66. The van der Waals surface area contributed by atoms with E-state index >= 15 is 0 Å². The average Bonchev–Trinajstić information content (AvgIpc) is 2.55. The fourth-order valence-corrected chi connectivity index (χ4v) is 3.69. The molecule has 2 unspecified atom stereocenters. The number of carbonyl (C=O) groups is 1. The quantitative estimate of drug-likeness (QED) is 0.648. The second kappa shape index (κ2) is 5.35.